The Morgan fingerprint density at radius 2 is 1.01 bits per heavy atom. The second-order valence-corrected chi connectivity index (χ2v) is 20.1. The van der Waals surface area contributed by atoms with Gasteiger partial charge in [-0.25, -0.2) is 0 Å². The Balaban J connectivity index is 0.884. The van der Waals surface area contributed by atoms with Gasteiger partial charge in [-0.2, -0.15) is 0 Å². The largest absolute Gasteiger partial charge is 0.456 e. The fourth-order valence-electron chi connectivity index (χ4n) is 12.2. The zero-order valence-electron chi connectivity index (χ0n) is 38.1. The Morgan fingerprint density at radius 1 is 0.433 bits per heavy atom. The molecule has 2 aromatic heterocycles. The Kier molecular flexibility index (Phi) is 7.89. The first-order valence-corrected chi connectivity index (χ1v) is 23.7. The smallest absolute Gasteiger partial charge is 0.139 e. The van der Waals surface area contributed by atoms with Crippen molar-refractivity contribution >= 4 is 38.3 Å². The van der Waals surface area contributed by atoms with Crippen molar-refractivity contribution in [3.8, 4) is 61.3 Å². The molecule has 2 nitrogen and oxygen atoms in total. The molecule has 0 N–H and O–H groups in total. The minimum atomic E-state index is -0.122. The molecule has 67 heavy (non-hydrogen) atoms. The van der Waals surface area contributed by atoms with Crippen LogP contribution in [0.5, 0.6) is 0 Å². The molecule has 0 fully saturated rings. The third kappa shape index (κ3) is 5.57. The Labute approximate surface area is 391 Å². The summed E-state index contributed by atoms with van der Waals surface area (Å²) < 4.78 is 8.99. The van der Waals surface area contributed by atoms with E-state index in [1.54, 1.807) is 0 Å². The van der Waals surface area contributed by atoms with Crippen molar-refractivity contribution in [1.82, 2.24) is 4.57 Å². The predicted octanol–water partition coefficient (Wildman–Crippen LogP) is 17.1. The van der Waals surface area contributed by atoms with E-state index in [0.717, 1.165) is 23.5 Å². The molecule has 3 aliphatic rings. The second-order valence-electron chi connectivity index (χ2n) is 20.1. The van der Waals surface area contributed by atoms with Gasteiger partial charge in [0.2, 0.25) is 0 Å². The number of fused-ring (bicyclic) bond motifs is 12. The highest BCUT2D eigenvalue weighted by molar-refractivity contribution is 6.12. The number of benzene rings is 9. The Morgan fingerprint density at radius 3 is 1.81 bits per heavy atom. The molecule has 0 spiro atoms. The normalized spacial score (nSPS) is 14.8. The molecule has 0 amide bonds. The molecule has 0 saturated heterocycles. The van der Waals surface area contributed by atoms with Crippen molar-refractivity contribution in [3.05, 3.63) is 239 Å². The van der Waals surface area contributed by atoms with Gasteiger partial charge in [0.25, 0.3) is 0 Å². The standard InChI is InChI=1S/C65H47NO/c1-64(2)38-56(63-62(64)52-15-8-10-19-61(52)67-63)41-22-20-39(21-23-41)42-27-32-59-54(34-42)55-35-43(44-26-31-51-50-14-7-9-18-57(50)65(3,4)58(51)37-44)28-33-60(55)66(59)46-29-24-40(25-30-46)47-16-11-17-49-48-13-6-5-12-45(48)36-53(47)49/h5-35,37-38H,36H2,1-4H3. The summed E-state index contributed by atoms with van der Waals surface area (Å²) in [5.41, 5.74) is 26.4. The Hall–Kier alpha value is -7.94. The van der Waals surface area contributed by atoms with Gasteiger partial charge in [0, 0.05) is 43.8 Å². The van der Waals surface area contributed by atoms with Crippen LogP contribution < -0.4 is 0 Å². The van der Waals surface area contributed by atoms with E-state index in [4.69, 9.17) is 4.42 Å². The SMILES string of the molecule is CC1(C)C=C(c2ccc(-c3ccc4c(c3)c3cc(-c5ccc6c(c5)C(C)(C)c5ccccc5-6)ccc3n4-c3ccc(-c4cccc5c4Cc4ccccc4-5)cc3)cc2)c2oc3ccccc3c21. The number of nitrogens with zero attached hydrogens (tertiary/aromatic N) is 1. The minimum Gasteiger partial charge on any atom is -0.456 e. The summed E-state index contributed by atoms with van der Waals surface area (Å²) in [7, 11) is 0. The molecule has 0 atom stereocenters. The topological polar surface area (TPSA) is 18.1 Å². The van der Waals surface area contributed by atoms with Crippen LogP contribution in [-0.4, -0.2) is 4.57 Å². The van der Waals surface area contributed by atoms with E-state index < -0.39 is 0 Å². The first-order valence-electron chi connectivity index (χ1n) is 23.7. The van der Waals surface area contributed by atoms with E-state index in [9.17, 15) is 0 Å². The van der Waals surface area contributed by atoms with Crippen molar-refractivity contribution < 1.29 is 4.42 Å². The molecule has 0 aliphatic heterocycles. The molecule has 2 heteroatoms. The highest BCUT2D eigenvalue weighted by Gasteiger charge is 2.37. The van der Waals surface area contributed by atoms with Crippen LogP contribution in [0.15, 0.2) is 205 Å². The van der Waals surface area contributed by atoms with Crippen molar-refractivity contribution in [2.45, 2.75) is 44.9 Å². The average molecular weight is 858 g/mol. The highest BCUT2D eigenvalue weighted by Crippen LogP contribution is 2.51. The maximum atomic E-state index is 6.53. The van der Waals surface area contributed by atoms with Crippen LogP contribution in [-0.2, 0) is 17.3 Å². The molecule has 14 rings (SSSR count). The fraction of sp³-hybridized carbons (Fsp3) is 0.108. The summed E-state index contributed by atoms with van der Waals surface area (Å²) in [6.45, 7) is 9.31. The lowest BCUT2D eigenvalue weighted by molar-refractivity contribution is 0.588. The van der Waals surface area contributed by atoms with Gasteiger partial charge in [-0.05, 0) is 138 Å². The van der Waals surface area contributed by atoms with Crippen LogP contribution in [0.4, 0.5) is 0 Å². The number of hydrogen-bond donors (Lipinski definition) is 0. The van der Waals surface area contributed by atoms with Crippen LogP contribution in [0.25, 0.3) is 99.7 Å². The quantitative estimate of drug-likeness (QED) is 0.169. The van der Waals surface area contributed by atoms with E-state index in [1.165, 1.54) is 122 Å². The van der Waals surface area contributed by atoms with Crippen LogP contribution in [0.2, 0.25) is 0 Å². The van der Waals surface area contributed by atoms with Gasteiger partial charge in [-0.1, -0.05) is 179 Å². The van der Waals surface area contributed by atoms with Crippen LogP contribution in [0.1, 0.15) is 66.8 Å². The zero-order chi connectivity index (χ0) is 44.8. The van der Waals surface area contributed by atoms with Gasteiger partial charge >= 0.3 is 0 Å². The summed E-state index contributed by atoms with van der Waals surface area (Å²) in [4.78, 5) is 0. The number of furan rings is 1. The van der Waals surface area contributed by atoms with Gasteiger partial charge in [-0.3, -0.25) is 0 Å². The first-order chi connectivity index (χ1) is 32.7. The van der Waals surface area contributed by atoms with Crippen LogP contribution >= 0.6 is 0 Å². The molecular weight excluding hydrogens is 811 g/mol. The van der Waals surface area contributed by atoms with E-state index in [2.05, 4.69) is 232 Å². The zero-order valence-corrected chi connectivity index (χ0v) is 38.1. The number of hydrogen-bond acceptors (Lipinski definition) is 1. The van der Waals surface area contributed by atoms with E-state index in [0.29, 0.717) is 0 Å². The van der Waals surface area contributed by atoms with Crippen LogP contribution in [0.3, 0.4) is 0 Å². The summed E-state index contributed by atoms with van der Waals surface area (Å²) in [5, 5.41) is 3.68. The third-order valence-corrected chi connectivity index (χ3v) is 15.5. The molecule has 2 heterocycles. The fourth-order valence-corrected chi connectivity index (χ4v) is 12.2. The summed E-state index contributed by atoms with van der Waals surface area (Å²) in [6, 6.07) is 72.5. The Bertz CT molecular complexity index is 3920. The first kappa shape index (κ1) is 38.3. The number of para-hydroxylation sites is 1. The lowest BCUT2D eigenvalue weighted by atomic mass is 9.81. The number of rotatable bonds is 5. The van der Waals surface area contributed by atoms with E-state index in [-0.39, 0.29) is 10.8 Å². The van der Waals surface area contributed by atoms with Crippen molar-refractivity contribution in [2.75, 3.05) is 0 Å². The number of allylic oxidation sites excluding steroid dienone is 1. The third-order valence-electron chi connectivity index (χ3n) is 15.5. The van der Waals surface area contributed by atoms with Gasteiger partial charge in [0.05, 0.1) is 11.0 Å². The maximum Gasteiger partial charge on any atom is 0.139 e. The van der Waals surface area contributed by atoms with Crippen LogP contribution in [0, 0.1) is 0 Å². The molecule has 318 valence electrons. The van der Waals surface area contributed by atoms with Gasteiger partial charge < -0.3 is 8.98 Å². The molecular formula is C65H47NO. The molecule has 0 unspecified atom stereocenters. The lowest BCUT2D eigenvalue weighted by Crippen LogP contribution is -2.14. The van der Waals surface area contributed by atoms with Gasteiger partial charge in [-0.15, -0.1) is 0 Å². The van der Waals surface area contributed by atoms with Gasteiger partial charge in [0.15, 0.2) is 0 Å². The second kappa shape index (κ2) is 13.8. The maximum absolute atomic E-state index is 6.53. The molecule has 11 aromatic rings. The molecule has 0 radical (unpaired) electrons. The highest BCUT2D eigenvalue weighted by atomic mass is 16.3. The summed E-state index contributed by atoms with van der Waals surface area (Å²) in [6.07, 6.45) is 3.34. The van der Waals surface area contributed by atoms with E-state index in [1.807, 2.05) is 0 Å². The van der Waals surface area contributed by atoms with E-state index >= 15 is 0 Å². The predicted molar refractivity (Wildman–Crippen MR) is 279 cm³/mol. The molecule has 0 bridgehead atoms. The average Bonchev–Trinajstić information content (AvgIpc) is 4.15. The van der Waals surface area contributed by atoms with Crippen molar-refractivity contribution in [3.63, 3.8) is 0 Å². The molecule has 9 aromatic carbocycles. The van der Waals surface area contributed by atoms with Crippen molar-refractivity contribution in [1.29, 1.82) is 0 Å². The lowest BCUT2D eigenvalue weighted by Gasteiger charge is -2.22. The minimum absolute atomic E-state index is 0.0681. The van der Waals surface area contributed by atoms with Gasteiger partial charge in [0.1, 0.15) is 11.3 Å². The number of aromatic nitrogens is 1. The molecule has 0 saturated carbocycles. The monoisotopic (exact) mass is 857 g/mol. The van der Waals surface area contributed by atoms with Crippen molar-refractivity contribution in [2.24, 2.45) is 0 Å². The molecule has 3 aliphatic carbocycles. The summed E-state index contributed by atoms with van der Waals surface area (Å²) >= 11 is 0. The summed E-state index contributed by atoms with van der Waals surface area (Å²) in [5.74, 6) is 0.992.